The van der Waals surface area contributed by atoms with Crippen LogP contribution < -0.4 is 14.4 Å². The number of para-hydroxylation sites is 5. The van der Waals surface area contributed by atoms with Gasteiger partial charge in [-0.05, 0) is 116 Å². The van der Waals surface area contributed by atoms with Gasteiger partial charge >= 0.3 is 0 Å². The molecule has 0 radical (unpaired) electrons. The molecule has 0 saturated carbocycles. The fraction of sp³-hybridized carbons (Fsp3) is 0.0303. The van der Waals surface area contributed by atoms with Crippen LogP contribution in [0.15, 0.2) is 249 Å². The average molecular weight is 880 g/mol. The Bertz CT molecular complexity index is 3850. The van der Waals surface area contributed by atoms with Crippen molar-refractivity contribution in [3.63, 3.8) is 0 Å². The fourth-order valence-corrected chi connectivity index (χ4v) is 12.7. The highest BCUT2D eigenvalue weighted by atomic mass is 16.5. The van der Waals surface area contributed by atoms with Gasteiger partial charge in [0.25, 0.3) is 0 Å². The predicted molar refractivity (Wildman–Crippen MR) is 279 cm³/mol. The molecule has 2 aliphatic heterocycles. The Morgan fingerprint density at radius 2 is 0.739 bits per heavy atom. The minimum atomic E-state index is -0.604. The maximum atomic E-state index is 6.72. The third-order valence-corrected chi connectivity index (χ3v) is 15.4. The van der Waals surface area contributed by atoms with E-state index in [2.05, 4.69) is 254 Å². The molecule has 11 aromatic carbocycles. The Labute approximate surface area is 400 Å². The standard InChI is InChI=1S/C66H41NO2/c1-2-19-42(20-3-1)46-21-6-13-31-58(46)67(59-32-18-30-56-64(59)48-23-5-8-25-51(48)65(56)52-26-9-14-33-60(52)68-61-34-15-10-27-53(61)65)45-38-37-43-41-57-49(40-44(43)39-45)47-22-4-7-24-50(47)66(57)54-28-11-16-35-62(54)69-63-36-17-12-29-55(63)66/h1-41H. The maximum absolute atomic E-state index is 6.72. The van der Waals surface area contributed by atoms with Crippen LogP contribution in [-0.4, -0.2) is 0 Å². The van der Waals surface area contributed by atoms with E-state index in [9.17, 15) is 0 Å². The van der Waals surface area contributed by atoms with Crippen molar-refractivity contribution < 1.29 is 9.47 Å². The van der Waals surface area contributed by atoms with Crippen LogP contribution in [0.3, 0.4) is 0 Å². The molecule has 3 nitrogen and oxygen atoms in total. The first-order valence-electron chi connectivity index (χ1n) is 23.8. The molecular formula is C66H41NO2. The van der Waals surface area contributed by atoms with E-state index in [0.717, 1.165) is 62.3 Å². The van der Waals surface area contributed by atoms with E-state index >= 15 is 0 Å². The zero-order valence-electron chi connectivity index (χ0n) is 37.4. The number of anilines is 3. The smallest absolute Gasteiger partial charge is 0.132 e. The Kier molecular flexibility index (Phi) is 7.92. The number of nitrogens with zero attached hydrogens (tertiary/aromatic N) is 1. The van der Waals surface area contributed by atoms with E-state index < -0.39 is 10.8 Å². The highest BCUT2D eigenvalue weighted by molar-refractivity contribution is 6.03. The van der Waals surface area contributed by atoms with Crippen molar-refractivity contribution in [2.75, 3.05) is 4.90 Å². The summed E-state index contributed by atoms with van der Waals surface area (Å²) in [6.45, 7) is 0. The van der Waals surface area contributed by atoms with Crippen LogP contribution in [0.25, 0.3) is 44.2 Å². The van der Waals surface area contributed by atoms with Crippen LogP contribution in [-0.2, 0) is 10.8 Å². The van der Waals surface area contributed by atoms with Crippen LogP contribution in [0.2, 0.25) is 0 Å². The SMILES string of the molecule is c1ccc(-c2ccccc2N(c2ccc3cc4c(cc3c2)-c2ccccc2C42c3ccccc3Oc3ccccc32)c2cccc3c2-c2ccccc2C32c3ccccc3Oc3ccccc32)cc1. The molecule has 322 valence electrons. The molecule has 15 rings (SSSR count). The molecule has 0 N–H and O–H groups in total. The Morgan fingerprint density at radius 1 is 0.275 bits per heavy atom. The molecule has 4 aliphatic rings. The second kappa shape index (κ2) is 14.3. The third kappa shape index (κ3) is 5.06. The molecule has 0 atom stereocenters. The Morgan fingerprint density at radius 3 is 1.36 bits per heavy atom. The van der Waals surface area contributed by atoms with E-state index in [4.69, 9.17) is 9.47 Å². The first kappa shape index (κ1) is 38.2. The van der Waals surface area contributed by atoms with Crippen molar-refractivity contribution in [3.8, 4) is 56.4 Å². The molecule has 2 spiro atoms. The Balaban J connectivity index is 1.01. The molecule has 0 fully saturated rings. The summed E-state index contributed by atoms with van der Waals surface area (Å²) in [6.07, 6.45) is 0. The zero-order chi connectivity index (χ0) is 45.3. The minimum Gasteiger partial charge on any atom is -0.457 e. The molecule has 3 heteroatoms. The van der Waals surface area contributed by atoms with Crippen LogP contribution in [0.5, 0.6) is 23.0 Å². The first-order chi connectivity index (χ1) is 34.2. The number of hydrogen-bond acceptors (Lipinski definition) is 3. The van der Waals surface area contributed by atoms with E-state index in [1.807, 2.05) is 0 Å². The number of rotatable bonds is 4. The van der Waals surface area contributed by atoms with Crippen LogP contribution in [0, 0.1) is 0 Å². The van der Waals surface area contributed by atoms with E-state index in [-0.39, 0.29) is 0 Å². The van der Waals surface area contributed by atoms with E-state index in [1.54, 1.807) is 0 Å². The number of ether oxygens (including phenoxy) is 2. The van der Waals surface area contributed by atoms with Gasteiger partial charge in [0.1, 0.15) is 23.0 Å². The van der Waals surface area contributed by atoms with Crippen molar-refractivity contribution >= 4 is 27.8 Å². The second-order valence-corrected chi connectivity index (χ2v) is 18.6. The van der Waals surface area contributed by atoms with Gasteiger partial charge in [0.2, 0.25) is 0 Å². The van der Waals surface area contributed by atoms with Crippen LogP contribution in [0.1, 0.15) is 44.5 Å². The number of fused-ring (bicyclic) bond motifs is 19. The molecule has 0 saturated heterocycles. The number of hydrogen-bond donors (Lipinski definition) is 0. The first-order valence-corrected chi connectivity index (χ1v) is 23.8. The lowest BCUT2D eigenvalue weighted by Crippen LogP contribution is -2.32. The molecule has 0 bridgehead atoms. The molecule has 0 aromatic heterocycles. The zero-order valence-corrected chi connectivity index (χ0v) is 37.4. The monoisotopic (exact) mass is 879 g/mol. The van der Waals surface area contributed by atoms with Gasteiger partial charge in [-0.1, -0.05) is 188 Å². The lowest BCUT2D eigenvalue weighted by atomic mass is 9.66. The van der Waals surface area contributed by atoms with Gasteiger partial charge in [-0.15, -0.1) is 0 Å². The van der Waals surface area contributed by atoms with Gasteiger partial charge in [-0.3, -0.25) is 0 Å². The van der Waals surface area contributed by atoms with Crippen molar-refractivity contribution in [2.45, 2.75) is 10.8 Å². The van der Waals surface area contributed by atoms with Gasteiger partial charge in [-0.25, -0.2) is 0 Å². The molecule has 2 heterocycles. The lowest BCUT2D eigenvalue weighted by Gasteiger charge is -2.39. The van der Waals surface area contributed by atoms with Crippen LogP contribution >= 0.6 is 0 Å². The Hall–Kier alpha value is -8.92. The topological polar surface area (TPSA) is 21.7 Å². The second-order valence-electron chi connectivity index (χ2n) is 18.6. The molecule has 69 heavy (non-hydrogen) atoms. The maximum Gasteiger partial charge on any atom is 0.132 e. The summed E-state index contributed by atoms with van der Waals surface area (Å²) < 4.78 is 13.4. The summed E-state index contributed by atoms with van der Waals surface area (Å²) in [5, 5.41) is 2.35. The van der Waals surface area contributed by atoms with Crippen molar-refractivity contribution in [1.29, 1.82) is 0 Å². The average Bonchev–Trinajstić information content (AvgIpc) is 3.86. The molecule has 11 aromatic rings. The predicted octanol–water partition coefficient (Wildman–Crippen LogP) is 16.9. The quantitative estimate of drug-likeness (QED) is 0.176. The lowest BCUT2D eigenvalue weighted by molar-refractivity contribution is 0.436. The summed E-state index contributed by atoms with van der Waals surface area (Å²) in [6, 6.07) is 91.0. The van der Waals surface area contributed by atoms with E-state index in [1.165, 1.54) is 66.4 Å². The highest BCUT2D eigenvalue weighted by Crippen LogP contribution is 2.65. The normalized spacial score (nSPS) is 14.3. The summed E-state index contributed by atoms with van der Waals surface area (Å²) in [5.74, 6) is 3.56. The summed E-state index contributed by atoms with van der Waals surface area (Å²) >= 11 is 0. The minimum absolute atomic E-state index is 0.541. The van der Waals surface area contributed by atoms with Crippen molar-refractivity contribution in [3.05, 3.63) is 293 Å². The van der Waals surface area contributed by atoms with Gasteiger partial charge in [0, 0.05) is 39.1 Å². The molecule has 2 aliphatic carbocycles. The highest BCUT2D eigenvalue weighted by Gasteiger charge is 2.53. The van der Waals surface area contributed by atoms with Crippen molar-refractivity contribution in [1.82, 2.24) is 0 Å². The summed E-state index contributed by atoms with van der Waals surface area (Å²) in [7, 11) is 0. The molecule has 0 unspecified atom stereocenters. The van der Waals surface area contributed by atoms with Gasteiger partial charge < -0.3 is 14.4 Å². The summed E-state index contributed by atoms with van der Waals surface area (Å²) in [4.78, 5) is 2.52. The molecular weight excluding hydrogens is 839 g/mol. The number of benzene rings is 11. The third-order valence-electron chi connectivity index (χ3n) is 15.4. The molecule has 0 amide bonds. The van der Waals surface area contributed by atoms with E-state index in [0.29, 0.717) is 0 Å². The van der Waals surface area contributed by atoms with Gasteiger partial charge in [0.05, 0.1) is 22.2 Å². The van der Waals surface area contributed by atoms with Crippen LogP contribution in [0.4, 0.5) is 17.1 Å². The fourth-order valence-electron chi connectivity index (χ4n) is 12.7. The largest absolute Gasteiger partial charge is 0.457 e. The summed E-state index contributed by atoms with van der Waals surface area (Å²) in [5.41, 5.74) is 19.1. The van der Waals surface area contributed by atoms with Gasteiger partial charge in [0.15, 0.2) is 0 Å². The van der Waals surface area contributed by atoms with Crippen molar-refractivity contribution in [2.24, 2.45) is 0 Å². The van der Waals surface area contributed by atoms with Gasteiger partial charge in [-0.2, -0.15) is 0 Å².